The zero-order valence-electron chi connectivity index (χ0n) is 13.5. The molecule has 1 saturated carbocycles. The van der Waals surface area contributed by atoms with Crippen molar-refractivity contribution in [3.05, 3.63) is 28.2 Å². The lowest BCUT2D eigenvalue weighted by atomic mass is 9.63. The summed E-state index contributed by atoms with van der Waals surface area (Å²) in [5.41, 5.74) is 1.65. The molecule has 1 aromatic carbocycles. The lowest BCUT2D eigenvalue weighted by Gasteiger charge is -2.51. The van der Waals surface area contributed by atoms with E-state index in [1.807, 2.05) is 0 Å². The van der Waals surface area contributed by atoms with Crippen molar-refractivity contribution in [3.63, 3.8) is 0 Å². The first-order valence-corrected chi connectivity index (χ1v) is 8.78. The molecule has 1 aromatic rings. The van der Waals surface area contributed by atoms with Crippen LogP contribution in [0.4, 0.5) is 0 Å². The predicted molar refractivity (Wildman–Crippen MR) is 90.7 cm³/mol. The number of benzene rings is 1. The van der Waals surface area contributed by atoms with Crippen molar-refractivity contribution in [1.29, 1.82) is 0 Å². The van der Waals surface area contributed by atoms with Crippen LogP contribution < -0.4 is 10.1 Å². The Morgan fingerprint density at radius 3 is 2.67 bits per heavy atom. The summed E-state index contributed by atoms with van der Waals surface area (Å²) in [6.45, 7) is 7.15. The standard InChI is InChI=1S/C18H26BrNO/c1-12-8-17(2,3)11-18(9-12)10-15(20-4)14-7-13(19)5-6-16(14)21-18/h5-7,12,15,20H,8-11H2,1-4H3. The normalized spacial score (nSPS) is 34.3. The molecule has 3 atom stereocenters. The number of rotatable bonds is 1. The van der Waals surface area contributed by atoms with Crippen molar-refractivity contribution in [2.75, 3.05) is 7.05 Å². The molecule has 2 nitrogen and oxygen atoms in total. The van der Waals surface area contributed by atoms with E-state index in [9.17, 15) is 0 Å². The van der Waals surface area contributed by atoms with E-state index in [0.29, 0.717) is 11.5 Å². The van der Waals surface area contributed by atoms with Crippen LogP contribution in [0, 0.1) is 11.3 Å². The minimum absolute atomic E-state index is 0.00429. The number of ether oxygens (including phenoxy) is 1. The average molecular weight is 352 g/mol. The minimum Gasteiger partial charge on any atom is -0.487 e. The molecular formula is C18H26BrNO. The highest BCUT2D eigenvalue weighted by Gasteiger charge is 2.48. The topological polar surface area (TPSA) is 21.3 Å². The van der Waals surface area contributed by atoms with Gasteiger partial charge in [-0.15, -0.1) is 0 Å². The fourth-order valence-corrected chi connectivity index (χ4v) is 5.18. The summed E-state index contributed by atoms with van der Waals surface area (Å²) in [5.74, 6) is 1.79. The van der Waals surface area contributed by atoms with Crippen LogP contribution >= 0.6 is 15.9 Å². The average Bonchev–Trinajstić information content (AvgIpc) is 2.35. The second kappa shape index (κ2) is 5.27. The van der Waals surface area contributed by atoms with Gasteiger partial charge in [-0.3, -0.25) is 0 Å². The number of fused-ring (bicyclic) bond motifs is 1. The fourth-order valence-electron chi connectivity index (χ4n) is 4.80. The first-order valence-electron chi connectivity index (χ1n) is 7.98. The highest BCUT2D eigenvalue weighted by Crippen LogP contribution is 2.52. The molecule has 0 amide bonds. The van der Waals surface area contributed by atoms with Crippen LogP contribution in [-0.2, 0) is 0 Å². The number of nitrogens with one attached hydrogen (secondary N) is 1. The molecule has 1 heterocycles. The van der Waals surface area contributed by atoms with Gasteiger partial charge in [-0.1, -0.05) is 36.7 Å². The third-order valence-corrected chi connectivity index (χ3v) is 5.51. The maximum atomic E-state index is 6.59. The zero-order valence-corrected chi connectivity index (χ0v) is 15.1. The van der Waals surface area contributed by atoms with E-state index >= 15 is 0 Å². The molecule has 116 valence electrons. The van der Waals surface area contributed by atoms with E-state index in [1.54, 1.807) is 0 Å². The molecule has 0 radical (unpaired) electrons. The van der Waals surface area contributed by atoms with E-state index in [4.69, 9.17) is 4.74 Å². The van der Waals surface area contributed by atoms with Crippen LogP contribution in [-0.4, -0.2) is 12.6 Å². The largest absolute Gasteiger partial charge is 0.487 e. The maximum Gasteiger partial charge on any atom is 0.125 e. The first-order chi connectivity index (χ1) is 9.82. The van der Waals surface area contributed by atoms with Gasteiger partial charge in [0.15, 0.2) is 0 Å². The number of hydrogen-bond donors (Lipinski definition) is 1. The molecule has 1 N–H and O–H groups in total. The Labute approximate surface area is 136 Å². The third kappa shape index (κ3) is 3.00. The van der Waals surface area contributed by atoms with Crippen LogP contribution in [0.15, 0.2) is 22.7 Å². The van der Waals surface area contributed by atoms with E-state index in [-0.39, 0.29) is 5.60 Å². The van der Waals surface area contributed by atoms with Crippen molar-refractivity contribution in [2.45, 2.75) is 58.1 Å². The van der Waals surface area contributed by atoms with Gasteiger partial charge >= 0.3 is 0 Å². The van der Waals surface area contributed by atoms with Crippen LogP contribution in [0.2, 0.25) is 0 Å². The molecule has 3 rings (SSSR count). The van der Waals surface area contributed by atoms with E-state index < -0.39 is 0 Å². The number of hydrogen-bond acceptors (Lipinski definition) is 2. The highest BCUT2D eigenvalue weighted by molar-refractivity contribution is 9.10. The van der Waals surface area contributed by atoms with Crippen molar-refractivity contribution in [2.24, 2.45) is 11.3 Å². The van der Waals surface area contributed by atoms with Crippen molar-refractivity contribution >= 4 is 15.9 Å². The molecule has 1 aliphatic carbocycles. The van der Waals surface area contributed by atoms with Gasteiger partial charge < -0.3 is 10.1 Å². The van der Waals surface area contributed by atoms with Gasteiger partial charge in [0.2, 0.25) is 0 Å². The Balaban J connectivity index is 1.98. The number of halogens is 1. The van der Waals surface area contributed by atoms with E-state index in [2.05, 4.69) is 67.3 Å². The lowest BCUT2D eigenvalue weighted by molar-refractivity contribution is -0.0595. The smallest absolute Gasteiger partial charge is 0.125 e. The molecule has 3 heteroatoms. The van der Waals surface area contributed by atoms with Gasteiger partial charge in [-0.25, -0.2) is 0 Å². The monoisotopic (exact) mass is 351 g/mol. The predicted octanol–water partition coefficient (Wildman–Crippen LogP) is 5.08. The van der Waals surface area contributed by atoms with Gasteiger partial charge in [-0.2, -0.15) is 0 Å². The van der Waals surface area contributed by atoms with Crippen LogP contribution in [0.25, 0.3) is 0 Å². The molecule has 1 spiro atoms. The second-order valence-electron chi connectivity index (χ2n) is 7.87. The second-order valence-corrected chi connectivity index (χ2v) is 8.78. The van der Waals surface area contributed by atoms with Gasteiger partial charge in [0.05, 0.1) is 0 Å². The quantitative estimate of drug-likeness (QED) is 0.761. The SMILES string of the molecule is CNC1CC2(CC(C)CC(C)(C)C2)Oc2ccc(Br)cc21. The van der Waals surface area contributed by atoms with Gasteiger partial charge in [-0.05, 0) is 55.8 Å². The molecule has 0 bridgehead atoms. The van der Waals surface area contributed by atoms with E-state index in [0.717, 1.165) is 29.0 Å². The molecule has 0 saturated heterocycles. The molecule has 21 heavy (non-hydrogen) atoms. The molecule has 1 fully saturated rings. The Hall–Kier alpha value is -0.540. The minimum atomic E-state index is -0.00429. The summed E-state index contributed by atoms with van der Waals surface area (Å²) in [6, 6.07) is 6.78. The molecule has 0 aromatic heterocycles. The van der Waals surface area contributed by atoms with Crippen molar-refractivity contribution in [1.82, 2.24) is 5.32 Å². The van der Waals surface area contributed by atoms with Crippen LogP contribution in [0.5, 0.6) is 5.75 Å². The zero-order chi connectivity index (χ0) is 15.3. The van der Waals surface area contributed by atoms with Crippen LogP contribution in [0.3, 0.4) is 0 Å². The Bertz CT molecular complexity index is 542. The van der Waals surface area contributed by atoms with Gasteiger partial charge in [0.25, 0.3) is 0 Å². The molecule has 3 unspecified atom stereocenters. The summed E-state index contributed by atoms with van der Waals surface area (Å²) in [7, 11) is 2.06. The molecule has 1 aliphatic heterocycles. The fraction of sp³-hybridized carbons (Fsp3) is 0.667. The van der Waals surface area contributed by atoms with Gasteiger partial charge in [0, 0.05) is 22.5 Å². The molecular weight excluding hydrogens is 326 g/mol. The summed E-state index contributed by atoms with van der Waals surface area (Å²) in [5, 5.41) is 3.50. The maximum absolute atomic E-state index is 6.59. The van der Waals surface area contributed by atoms with Crippen molar-refractivity contribution in [3.8, 4) is 5.75 Å². The lowest BCUT2D eigenvalue weighted by Crippen LogP contribution is -2.50. The molecule has 2 aliphatic rings. The van der Waals surface area contributed by atoms with Gasteiger partial charge in [0.1, 0.15) is 11.4 Å². The Kier molecular flexibility index (Phi) is 3.86. The van der Waals surface area contributed by atoms with Crippen molar-refractivity contribution < 1.29 is 4.74 Å². The highest BCUT2D eigenvalue weighted by atomic mass is 79.9. The van der Waals surface area contributed by atoms with Crippen LogP contribution in [0.1, 0.15) is 58.1 Å². The Morgan fingerprint density at radius 1 is 1.24 bits per heavy atom. The third-order valence-electron chi connectivity index (χ3n) is 5.02. The summed E-state index contributed by atoms with van der Waals surface area (Å²) < 4.78 is 7.72. The first kappa shape index (κ1) is 15.4. The summed E-state index contributed by atoms with van der Waals surface area (Å²) >= 11 is 3.58. The summed E-state index contributed by atoms with van der Waals surface area (Å²) in [4.78, 5) is 0. The Morgan fingerprint density at radius 2 is 2.00 bits per heavy atom. The van der Waals surface area contributed by atoms with E-state index in [1.165, 1.54) is 18.4 Å². The summed E-state index contributed by atoms with van der Waals surface area (Å²) in [6.07, 6.45) is 4.69.